The zero-order valence-corrected chi connectivity index (χ0v) is 8.72. The van der Waals surface area contributed by atoms with Gasteiger partial charge in [0.2, 0.25) is 0 Å². The Balaban J connectivity index is 0. The van der Waals surface area contributed by atoms with Gasteiger partial charge in [0.1, 0.15) is 12.7 Å². The van der Waals surface area contributed by atoms with E-state index >= 15 is 0 Å². The molecule has 0 radical (unpaired) electrons. The molecule has 0 aromatic carbocycles. The summed E-state index contributed by atoms with van der Waals surface area (Å²) in [5, 5.41) is 14.8. The van der Waals surface area contributed by atoms with Crippen LogP contribution in [0.4, 0.5) is 4.79 Å². The highest BCUT2D eigenvalue weighted by Crippen LogP contribution is 2.02. The summed E-state index contributed by atoms with van der Waals surface area (Å²) < 4.78 is 8.90. The number of carboxylic acids is 2. The van der Waals surface area contributed by atoms with Gasteiger partial charge in [0, 0.05) is 13.8 Å². The lowest BCUT2D eigenvalue weighted by molar-refractivity contribution is -0.135. The van der Waals surface area contributed by atoms with E-state index in [0.29, 0.717) is 6.61 Å². The number of rotatable bonds is 0. The average molecular weight is 222 g/mol. The van der Waals surface area contributed by atoms with Gasteiger partial charge in [-0.25, -0.2) is 4.79 Å². The first kappa shape index (κ1) is 15.7. The lowest BCUT2D eigenvalue weighted by Gasteiger charge is -1.90. The van der Waals surface area contributed by atoms with Crippen LogP contribution in [0.5, 0.6) is 0 Å². The van der Waals surface area contributed by atoms with Gasteiger partial charge in [-0.1, -0.05) is 0 Å². The first-order valence-electron chi connectivity index (χ1n) is 3.98. The highest BCUT2D eigenvalue weighted by molar-refractivity contribution is 5.63. The Morgan fingerprint density at radius 3 is 1.67 bits per heavy atom. The van der Waals surface area contributed by atoms with Gasteiger partial charge in [0.05, 0.1) is 0 Å². The first-order valence-corrected chi connectivity index (χ1v) is 3.98. The Kier molecular flexibility index (Phi) is 9.19. The number of ether oxygens (including phenoxy) is 2. The van der Waals surface area contributed by atoms with E-state index in [1.54, 1.807) is 6.92 Å². The van der Waals surface area contributed by atoms with E-state index in [4.69, 9.17) is 19.8 Å². The van der Waals surface area contributed by atoms with E-state index in [9.17, 15) is 4.79 Å². The molecular weight excluding hydrogens is 208 g/mol. The molecule has 1 saturated heterocycles. The fourth-order valence-corrected chi connectivity index (χ4v) is 0.418. The number of carboxylic acid groups (broad SMARTS) is 2. The van der Waals surface area contributed by atoms with Crippen molar-refractivity contribution in [3.63, 3.8) is 0 Å². The topological polar surface area (TPSA) is 110 Å². The van der Waals surface area contributed by atoms with E-state index in [0.717, 1.165) is 13.8 Å². The second-order valence-corrected chi connectivity index (χ2v) is 2.53. The van der Waals surface area contributed by atoms with E-state index in [-0.39, 0.29) is 6.10 Å². The molecule has 0 saturated carbocycles. The Morgan fingerprint density at radius 2 is 1.60 bits per heavy atom. The van der Waals surface area contributed by atoms with E-state index < -0.39 is 18.1 Å². The monoisotopic (exact) mass is 222 g/mol. The third-order valence-electron chi connectivity index (χ3n) is 0.733. The molecule has 88 valence electrons. The van der Waals surface area contributed by atoms with Crippen molar-refractivity contribution in [2.75, 3.05) is 6.61 Å². The van der Waals surface area contributed by atoms with E-state index in [2.05, 4.69) is 9.47 Å². The Labute approximate surface area is 86.6 Å². The van der Waals surface area contributed by atoms with Crippen LogP contribution in [0.25, 0.3) is 0 Å². The third kappa shape index (κ3) is 24.5. The van der Waals surface area contributed by atoms with Crippen LogP contribution < -0.4 is 0 Å². The van der Waals surface area contributed by atoms with Crippen LogP contribution in [0.15, 0.2) is 0 Å². The normalized spacial score (nSPS) is 17.0. The van der Waals surface area contributed by atoms with Crippen LogP contribution in [0.2, 0.25) is 0 Å². The van der Waals surface area contributed by atoms with Gasteiger partial charge in [-0.05, 0) is 6.92 Å². The smallest absolute Gasteiger partial charge is 0.481 e. The Morgan fingerprint density at radius 1 is 1.27 bits per heavy atom. The summed E-state index contributed by atoms with van der Waals surface area (Å²) in [5.74, 6) is -1.67. The van der Waals surface area contributed by atoms with E-state index in [1.165, 1.54) is 0 Å². The molecule has 0 amide bonds. The SMILES string of the molecule is CC(=O)O.CC(=O)O.CC1COC(=O)O1. The second kappa shape index (κ2) is 8.79. The quantitative estimate of drug-likeness (QED) is 0.581. The van der Waals surface area contributed by atoms with Crippen LogP contribution in [0.1, 0.15) is 20.8 Å². The molecule has 7 nitrogen and oxygen atoms in total. The molecule has 1 heterocycles. The summed E-state index contributed by atoms with van der Waals surface area (Å²) in [6.45, 7) is 4.35. The van der Waals surface area contributed by atoms with Crippen molar-refractivity contribution in [1.82, 2.24) is 0 Å². The number of hydrogen-bond donors (Lipinski definition) is 2. The van der Waals surface area contributed by atoms with Crippen molar-refractivity contribution in [3.8, 4) is 0 Å². The fraction of sp³-hybridized carbons (Fsp3) is 0.625. The molecule has 7 heteroatoms. The molecule has 1 aliphatic rings. The van der Waals surface area contributed by atoms with Gasteiger partial charge in [0.15, 0.2) is 0 Å². The fourth-order valence-electron chi connectivity index (χ4n) is 0.418. The summed E-state index contributed by atoms with van der Waals surface area (Å²) in [5.41, 5.74) is 0. The van der Waals surface area contributed by atoms with Crippen molar-refractivity contribution < 1.29 is 34.1 Å². The first-order chi connectivity index (χ1) is 6.75. The molecule has 0 spiro atoms. The van der Waals surface area contributed by atoms with Gasteiger partial charge in [-0.15, -0.1) is 0 Å². The number of cyclic esters (lactones) is 2. The molecule has 1 rings (SSSR count). The predicted molar refractivity (Wildman–Crippen MR) is 48.5 cm³/mol. The maximum atomic E-state index is 10.0. The van der Waals surface area contributed by atoms with Gasteiger partial charge in [0.25, 0.3) is 11.9 Å². The Bertz CT molecular complexity index is 203. The summed E-state index contributed by atoms with van der Waals surface area (Å²) in [4.78, 5) is 28.0. The molecule has 0 aliphatic carbocycles. The molecule has 15 heavy (non-hydrogen) atoms. The van der Waals surface area contributed by atoms with Crippen LogP contribution >= 0.6 is 0 Å². The highest BCUT2D eigenvalue weighted by Gasteiger charge is 2.19. The van der Waals surface area contributed by atoms with Crippen molar-refractivity contribution in [2.45, 2.75) is 26.9 Å². The lowest BCUT2D eigenvalue weighted by Crippen LogP contribution is -2.01. The molecule has 2 N–H and O–H groups in total. The molecule has 1 aliphatic heterocycles. The minimum atomic E-state index is -0.833. The summed E-state index contributed by atoms with van der Waals surface area (Å²) >= 11 is 0. The number of carbonyl (C=O) groups excluding carboxylic acids is 1. The highest BCUT2D eigenvalue weighted by atomic mass is 16.8. The van der Waals surface area contributed by atoms with Crippen LogP contribution in [-0.2, 0) is 19.1 Å². The van der Waals surface area contributed by atoms with Gasteiger partial charge < -0.3 is 19.7 Å². The van der Waals surface area contributed by atoms with Crippen molar-refractivity contribution in [3.05, 3.63) is 0 Å². The minimum Gasteiger partial charge on any atom is -0.481 e. The number of aliphatic carboxylic acids is 2. The summed E-state index contributed by atoms with van der Waals surface area (Å²) in [6.07, 6.45) is -0.597. The maximum Gasteiger partial charge on any atom is 0.508 e. The van der Waals surface area contributed by atoms with E-state index in [1.807, 2.05) is 0 Å². The van der Waals surface area contributed by atoms with Crippen molar-refractivity contribution >= 4 is 18.1 Å². The second-order valence-electron chi connectivity index (χ2n) is 2.53. The summed E-state index contributed by atoms with van der Waals surface area (Å²) in [6, 6.07) is 0. The molecule has 0 aromatic heterocycles. The van der Waals surface area contributed by atoms with Crippen molar-refractivity contribution in [2.24, 2.45) is 0 Å². The standard InChI is InChI=1S/C4H6O3.2C2H4O2/c1-3-2-6-4(5)7-3;2*1-2(3)4/h3H,2H2,1H3;2*1H3,(H,3,4). The van der Waals surface area contributed by atoms with Crippen molar-refractivity contribution in [1.29, 1.82) is 0 Å². The van der Waals surface area contributed by atoms with Crippen LogP contribution in [0.3, 0.4) is 0 Å². The number of carbonyl (C=O) groups is 3. The Hall–Kier alpha value is -1.79. The van der Waals surface area contributed by atoms with Gasteiger partial charge >= 0.3 is 6.16 Å². The van der Waals surface area contributed by atoms with Gasteiger partial charge in [-0.3, -0.25) is 9.59 Å². The van der Waals surface area contributed by atoms with Crippen LogP contribution in [0, 0.1) is 0 Å². The zero-order chi connectivity index (χ0) is 12.4. The largest absolute Gasteiger partial charge is 0.508 e. The molecule has 1 fully saturated rings. The molecular formula is C8H14O7. The minimum absolute atomic E-state index is 0.0486. The lowest BCUT2D eigenvalue weighted by atomic mass is 10.5. The molecule has 0 aromatic rings. The molecule has 1 unspecified atom stereocenters. The molecule has 0 bridgehead atoms. The van der Waals surface area contributed by atoms with Crippen LogP contribution in [-0.4, -0.2) is 41.0 Å². The predicted octanol–water partition coefficient (Wildman–Crippen LogP) is 0.723. The zero-order valence-electron chi connectivity index (χ0n) is 8.72. The third-order valence-corrected chi connectivity index (χ3v) is 0.733. The summed E-state index contributed by atoms with van der Waals surface area (Å²) in [7, 11) is 0. The maximum absolute atomic E-state index is 10.0. The average Bonchev–Trinajstić information content (AvgIpc) is 2.31. The van der Waals surface area contributed by atoms with Gasteiger partial charge in [-0.2, -0.15) is 0 Å². The number of hydrogen-bond acceptors (Lipinski definition) is 5. The molecule has 1 atom stereocenters.